The lowest BCUT2D eigenvalue weighted by molar-refractivity contribution is -0.133. The summed E-state index contributed by atoms with van der Waals surface area (Å²) in [5.74, 6) is 0.659. The van der Waals surface area contributed by atoms with E-state index in [0.29, 0.717) is 35.0 Å². The molecule has 0 spiro atoms. The summed E-state index contributed by atoms with van der Waals surface area (Å²) in [6.07, 6.45) is 3.49. The zero-order chi connectivity index (χ0) is 25.4. The molecule has 2 amide bonds. The minimum Gasteiger partial charge on any atom is -0.352 e. The molecule has 0 unspecified atom stereocenters. The number of benzene rings is 1. The molecule has 184 valence electrons. The number of amides is 2. The predicted octanol–water partition coefficient (Wildman–Crippen LogP) is 4.98. The van der Waals surface area contributed by atoms with Gasteiger partial charge in [0.25, 0.3) is 5.91 Å². The van der Waals surface area contributed by atoms with Crippen molar-refractivity contribution in [2.75, 3.05) is 23.3 Å². The molecule has 2 N–H and O–H groups in total. The minimum absolute atomic E-state index is 0.0956. The molecule has 4 aromatic rings. The zero-order valence-electron chi connectivity index (χ0n) is 20.3. The third-order valence-corrected chi connectivity index (χ3v) is 6.85. The van der Waals surface area contributed by atoms with Gasteiger partial charge in [-0.2, -0.15) is 0 Å². The topological polar surface area (TPSA) is 94.2 Å². The summed E-state index contributed by atoms with van der Waals surface area (Å²) >= 11 is 6.18. The molecule has 36 heavy (non-hydrogen) atoms. The molecule has 1 aliphatic heterocycles. The highest BCUT2D eigenvalue weighted by molar-refractivity contribution is 6.34. The average molecular weight is 503 g/mol. The second kappa shape index (κ2) is 9.62. The van der Waals surface area contributed by atoms with E-state index < -0.39 is 0 Å². The number of piperazine rings is 1. The van der Waals surface area contributed by atoms with Crippen LogP contribution in [0.25, 0.3) is 22.3 Å². The fourth-order valence-electron chi connectivity index (χ4n) is 5.01. The van der Waals surface area contributed by atoms with E-state index >= 15 is 0 Å². The van der Waals surface area contributed by atoms with Crippen molar-refractivity contribution in [2.24, 2.45) is 0 Å². The summed E-state index contributed by atoms with van der Waals surface area (Å²) in [7, 11) is 0. The number of carbonyl (C=O) groups excluding carboxylic acids is 2. The van der Waals surface area contributed by atoms with Crippen molar-refractivity contribution >= 4 is 46.0 Å². The van der Waals surface area contributed by atoms with Crippen molar-refractivity contribution in [3.05, 3.63) is 71.5 Å². The number of fused-ring (bicyclic) bond motifs is 1. The van der Waals surface area contributed by atoms with Gasteiger partial charge in [0.05, 0.1) is 28.2 Å². The lowest BCUT2D eigenvalue weighted by Gasteiger charge is -2.44. The first-order chi connectivity index (χ1) is 17.3. The second-order valence-corrected chi connectivity index (χ2v) is 9.57. The van der Waals surface area contributed by atoms with Crippen LogP contribution in [0.2, 0.25) is 5.02 Å². The number of rotatable bonds is 4. The molecule has 4 heterocycles. The largest absolute Gasteiger partial charge is 0.352 e. The number of hydrogen-bond acceptors (Lipinski definition) is 5. The van der Waals surface area contributed by atoms with Crippen LogP contribution in [0, 0.1) is 0 Å². The quantitative estimate of drug-likeness (QED) is 0.410. The fraction of sp³-hybridized carbons (Fsp3) is 0.259. The van der Waals surface area contributed by atoms with Crippen molar-refractivity contribution in [1.82, 2.24) is 19.9 Å². The summed E-state index contributed by atoms with van der Waals surface area (Å²) in [4.78, 5) is 41.5. The molecule has 8 nitrogen and oxygen atoms in total. The Hall–Kier alpha value is -3.91. The van der Waals surface area contributed by atoms with Crippen LogP contribution in [0.5, 0.6) is 0 Å². The van der Waals surface area contributed by atoms with Gasteiger partial charge in [-0.05, 0) is 44.2 Å². The summed E-state index contributed by atoms with van der Waals surface area (Å²) in [6, 6.07) is 14.9. The first kappa shape index (κ1) is 23.8. The Balaban J connectivity index is 1.42. The van der Waals surface area contributed by atoms with Gasteiger partial charge in [-0.15, -0.1) is 0 Å². The fourth-order valence-corrected chi connectivity index (χ4v) is 5.23. The van der Waals surface area contributed by atoms with Crippen molar-refractivity contribution in [1.29, 1.82) is 0 Å². The molecule has 9 heteroatoms. The predicted molar refractivity (Wildman–Crippen MR) is 142 cm³/mol. The van der Waals surface area contributed by atoms with Crippen LogP contribution in [0.4, 0.5) is 11.5 Å². The highest BCUT2D eigenvalue weighted by Gasteiger charge is 2.31. The number of aromatic nitrogens is 3. The van der Waals surface area contributed by atoms with Gasteiger partial charge in [0.1, 0.15) is 11.5 Å². The Morgan fingerprint density at radius 1 is 1.08 bits per heavy atom. The maximum atomic E-state index is 12.7. The minimum atomic E-state index is -0.299. The standard InChI is InChI=1S/C27H27ClN6O2/c1-16-14-33(15-17(2)34(16)18(3)35)25-10-6-9-24(32-25)22-13-30-26-21(22)11-19(12-29-26)31-27(36)20-7-4-5-8-23(20)28/h4-13,16-17H,14-15H2,1-3H3,(H,29,30)(H,31,36)/t16-,17+. The number of anilines is 2. The number of carbonyl (C=O) groups is 2. The normalized spacial score (nSPS) is 17.9. The van der Waals surface area contributed by atoms with Crippen LogP contribution < -0.4 is 10.2 Å². The van der Waals surface area contributed by atoms with Gasteiger partial charge < -0.3 is 20.1 Å². The first-order valence-corrected chi connectivity index (χ1v) is 12.2. The highest BCUT2D eigenvalue weighted by Crippen LogP contribution is 2.31. The monoisotopic (exact) mass is 502 g/mol. The summed E-state index contributed by atoms with van der Waals surface area (Å²) in [6.45, 7) is 7.19. The number of pyridine rings is 2. The van der Waals surface area contributed by atoms with E-state index in [1.54, 1.807) is 37.4 Å². The van der Waals surface area contributed by atoms with Crippen molar-refractivity contribution in [3.8, 4) is 11.3 Å². The summed E-state index contributed by atoms with van der Waals surface area (Å²) in [5, 5.41) is 4.12. The molecule has 2 atom stereocenters. The molecule has 0 aliphatic carbocycles. The van der Waals surface area contributed by atoms with Crippen LogP contribution in [0.3, 0.4) is 0 Å². The van der Waals surface area contributed by atoms with E-state index in [9.17, 15) is 9.59 Å². The molecule has 0 bridgehead atoms. The van der Waals surface area contributed by atoms with Crippen LogP contribution in [-0.4, -0.2) is 56.8 Å². The van der Waals surface area contributed by atoms with E-state index in [2.05, 4.69) is 34.0 Å². The van der Waals surface area contributed by atoms with Gasteiger partial charge in [-0.25, -0.2) is 9.97 Å². The van der Waals surface area contributed by atoms with Gasteiger partial charge in [0.15, 0.2) is 0 Å². The summed E-state index contributed by atoms with van der Waals surface area (Å²) in [5.41, 5.74) is 3.34. The van der Waals surface area contributed by atoms with Gasteiger partial charge >= 0.3 is 0 Å². The number of halogens is 1. The zero-order valence-corrected chi connectivity index (χ0v) is 21.1. The second-order valence-electron chi connectivity index (χ2n) is 9.17. The molecule has 1 saturated heterocycles. The number of H-pyrrole nitrogens is 1. The average Bonchev–Trinajstić information content (AvgIpc) is 3.27. The molecule has 5 rings (SSSR count). The van der Waals surface area contributed by atoms with Crippen molar-refractivity contribution < 1.29 is 9.59 Å². The van der Waals surface area contributed by atoms with Crippen LogP contribution in [0.1, 0.15) is 31.1 Å². The van der Waals surface area contributed by atoms with Gasteiger partial charge in [0, 0.05) is 49.2 Å². The Kier molecular flexibility index (Phi) is 6.36. The van der Waals surface area contributed by atoms with E-state index in [0.717, 1.165) is 22.5 Å². The molecule has 3 aromatic heterocycles. The number of nitrogens with one attached hydrogen (secondary N) is 2. The lowest BCUT2D eigenvalue weighted by Crippen LogP contribution is -2.58. The molecule has 1 aromatic carbocycles. The highest BCUT2D eigenvalue weighted by atomic mass is 35.5. The Labute approximate surface area is 214 Å². The van der Waals surface area contributed by atoms with Crippen LogP contribution >= 0.6 is 11.6 Å². The third kappa shape index (κ3) is 4.52. The number of aromatic amines is 1. The van der Waals surface area contributed by atoms with Crippen LogP contribution in [-0.2, 0) is 4.79 Å². The van der Waals surface area contributed by atoms with E-state index in [-0.39, 0.29) is 23.9 Å². The van der Waals surface area contributed by atoms with Crippen molar-refractivity contribution in [3.63, 3.8) is 0 Å². The third-order valence-electron chi connectivity index (χ3n) is 6.52. The maximum Gasteiger partial charge on any atom is 0.257 e. The van der Waals surface area contributed by atoms with Gasteiger partial charge in [-0.1, -0.05) is 29.8 Å². The molecular weight excluding hydrogens is 476 g/mol. The van der Waals surface area contributed by atoms with Gasteiger partial charge in [-0.3, -0.25) is 9.59 Å². The molecule has 1 fully saturated rings. The SMILES string of the molecule is CC(=O)N1[C@H](C)CN(c2cccc(-c3c[nH]c4ncc(NC(=O)c5ccccc5Cl)cc34)n2)C[C@@H]1C. The number of hydrogen-bond donors (Lipinski definition) is 2. The molecular formula is C27H27ClN6O2. The number of nitrogens with zero attached hydrogens (tertiary/aromatic N) is 4. The smallest absolute Gasteiger partial charge is 0.257 e. The summed E-state index contributed by atoms with van der Waals surface area (Å²) < 4.78 is 0. The maximum absolute atomic E-state index is 12.7. The molecule has 0 radical (unpaired) electrons. The lowest BCUT2D eigenvalue weighted by atomic mass is 10.1. The van der Waals surface area contributed by atoms with E-state index in [1.807, 2.05) is 35.4 Å². The van der Waals surface area contributed by atoms with Crippen molar-refractivity contribution in [2.45, 2.75) is 32.9 Å². The van der Waals surface area contributed by atoms with Gasteiger partial charge in [0.2, 0.25) is 5.91 Å². The van der Waals surface area contributed by atoms with E-state index in [1.165, 1.54) is 0 Å². The Morgan fingerprint density at radius 2 is 1.83 bits per heavy atom. The molecule has 1 aliphatic rings. The Bertz CT molecular complexity index is 1440. The van der Waals surface area contributed by atoms with E-state index in [4.69, 9.17) is 16.6 Å². The Morgan fingerprint density at radius 3 is 2.56 bits per heavy atom. The van der Waals surface area contributed by atoms with Crippen LogP contribution in [0.15, 0.2) is 60.9 Å². The first-order valence-electron chi connectivity index (χ1n) is 11.9. The molecule has 0 saturated carbocycles.